The zero-order valence-electron chi connectivity index (χ0n) is 10.8. The molecule has 0 atom stereocenters. The van der Waals surface area contributed by atoms with Gasteiger partial charge in [0.25, 0.3) is 0 Å². The van der Waals surface area contributed by atoms with Crippen molar-refractivity contribution in [3.05, 3.63) is 52.0 Å². The van der Waals surface area contributed by atoms with Crippen LogP contribution in [0.3, 0.4) is 0 Å². The molecule has 3 rings (SSSR count). The van der Waals surface area contributed by atoms with E-state index in [1.807, 2.05) is 36.4 Å². The molecule has 0 spiro atoms. The quantitative estimate of drug-likeness (QED) is 0.756. The number of carboxylic acid groups (broad SMARTS) is 1. The van der Waals surface area contributed by atoms with Gasteiger partial charge in [-0.2, -0.15) is 0 Å². The molecule has 2 aromatic carbocycles. The molecule has 0 saturated heterocycles. The summed E-state index contributed by atoms with van der Waals surface area (Å²) in [6.07, 6.45) is 0. The molecule has 0 bridgehead atoms. The fourth-order valence-corrected chi connectivity index (χ4v) is 2.65. The van der Waals surface area contributed by atoms with Crippen LogP contribution >= 0.6 is 27.5 Å². The van der Waals surface area contributed by atoms with E-state index >= 15 is 0 Å². The van der Waals surface area contributed by atoms with Crippen molar-refractivity contribution >= 4 is 44.5 Å². The van der Waals surface area contributed by atoms with Gasteiger partial charge in [0.1, 0.15) is 12.4 Å². The number of imidazole rings is 1. The maximum atomic E-state index is 11.1. The lowest BCUT2D eigenvalue weighted by Crippen LogP contribution is -2.10. The SMILES string of the molecule is O=C(O)Cn1c(-c2ccc(Br)c(Cl)c2)nc2ccccc21. The van der Waals surface area contributed by atoms with Crippen LogP contribution < -0.4 is 0 Å². The van der Waals surface area contributed by atoms with Crippen LogP contribution in [-0.2, 0) is 11.3 Å². The van der Waals surface area contributed by atoms with Crippen LogP contribution in [0.25, 0.3) is 22.4 Å². The van der Waals surface area contributed by atoms with Gasteiger partial charge in [-0.05, 0) is 40.2 Å². The number of hydrogen-bond donors (Lipinski definition) is 1. The first-order valence-electron chi connectivity index (χ1n) is 6.19. The van der Waals surface area contributed by atoms with E-state index in [1.54, 1.807) is 10.6 Å². The van der Waals surface area contributed by atoms with Crippen LogP contribution in [0.5, 0.6) is 0 Å². The van der Waals surface area contributed by atoms with E-state index in [-0.39, 0.29) is 6.54 Å². The topological polar surface area (TPSA) is 55.1 Å². The predicted octanol–water partition coefficient (Wildman–Crippen LogP) is 4.20. The Labute approximate surface area is 134 Å². The van der Waals surface area contributed by atoms with Crippen LogP contribution in [0.2, 0.25) is 5.02 Å². The summed E-state index contributed by atoms with van der Waals surface area (Å²) in [4.78, 5) is 15.7. The van der Waals surface area contributed by atoms with Gasteiger partial charge in [0.15, 0.2) is 0 Å². The molecule has 1 N–H and O–H groups in total. The molecule has 0 fully saturated rings. The van der Waals surface area contributed by atoms with Crippen LogP contribution in [0.1, 0.15) is 0 Å². The first-order valence-corrected chi connectivity index (χ1v) is 7.36. The number of aromatic nitrogens is 2. The smallest absolute Gasteiger partial charge is 0.323 e. The van der Waals surface area contributed by atoms with E-state index in [2.05, 4.69) is 20.9 Å². The number of nitrogens with zero attached hydrogens (tertiary/aromatic N) is 2. The number of rotatable bonds is 3. The molecule has 0 radical (unpaired) electrons. The number of benzene rings is 2. The summed E-state index contributed by atoms with van der Waals surface area (Å²) in [5.41, 5.74) is 2.32. The molecular weight excluding hydrogens is 356 g/mol. The highest BCUT2D eigenvalue weighted by atomic mass is 79.9. The highest BCUT2D eigenvalue weighted by molar-refractivity contribution is 9.10. The molecular formula is C15H10BrClN2O2. The summed E-state index contributed by atoms with van der Waals surface area (Å²) >= 11 is 9.46. The van der Waals surface area contributed by atoms with Crippen molar-refractivity contribution in [2.24, 2.45) is 0 Å². The molecule has 3 aromatic rings. The third kappa shape index (κ3) is 2.66. The van der Waals surface area contributed by atoms with Crippen LogP contribution in [0, 0.1) is 0 Å². The highest BCUT2D eigenvalue weighted by Crippen LogP contribution is 2.30. The van der Waals surface area contributed by atoms with Crippen molar-refractivity contribution in [1.29, 1.82) is 0 Å². The van der Waals surface area contributed by atoms with Crippen molar-refractivity contribution in [2.75, 3.05) is 0 Å². The molecule has 6 heteroatoms. The summed E-state index contributed by atoms with van der Waals surface area (Å²) in [6.45, 7) is -0.149. The molecule has 0 aliphatic heterocycles. The van der Waals surface area contributed by atoms with E-state index < -0.39 is 5.97 Å². The minimum absolute atomic E-state index is 0.149. The number of carbonyl (C=O) groups is 1. The van der Waals surface area contributed by atoms with E-state index in [9.17, 15) is 4.79 Å². The van der Waals surface area contributed by atoms with Crippen molar-refractivity contribution in [3.63, 3.8) is 0 Å². The highest BCUT2D eigenvalue weighted by Gasteiger charge is 2.15. The summed E-state index contributed by atoms with van der Waals surface area (Å²) < 4.78 is 2.46. The minimum Gasteiger partial charge on any atom is -0.480 e. The Morgan fingerprint density at radius 2 is 2.05 bits per heavy atom. The largest absolute Gasteiger partial charge is 0.480 e. The molecule has 1 heterocycles. The molecule has 4 nitrogen and oxygen atoms in total. The summed E-state index contributed by atoms with van der Waals surface area (Å²) in [5, 5.41) is 9.69. The van der Waals surface area contributed by atoms with E-state index in [1.165, 1.54) is 0 Å². The lowest BCUT2D eigenvalue weighted by Gasteiger charge is -2.07. The Hall–Kier alpha value is -1.85. The Morgan fingerprint density at radius 1 is 1.29 bits per heavy atom. The summed E-state index contributed by atoms with van der Waals surface area (Å²) in [7, 11) is 0. The third-order valence-corrected chi connectivity index (χ3v) is 4.36. The summed E-state index contributed by atoms with van der Waals surface area (Å²) in [6, 6.07) is 12.9. The lowest BCUT2D eigenvalue weighted by molar-refractivity contribution is -0.137. The number of aliphatic carboxylic acids is 1. The van der Waals surface area contributed by atoms with Gasteiger partial charge in [-0.3, -0.25) is 4.79 Å². The van der Waals surface area contributed by atoms with E-state index in [0.717, 1.165) is 21.1 Å². The Kier molecular flexibility index (Phi) is 3.69. The van der Waals surface area contributed by atoms with Crippen LogP contribution in [0.4, 0.5) is 0 Å². The zero-order valence-corrected chi connectivity index (χ0v) is 13.1. The molecule has 106 valence electrons. The first kappa shape index (κ1) is 14.1. The standard InChI is InChI=1S/C15H10BrClN2O2/c16-10-6-5-9(7-11(10)17)15-18-12-3-1-2-4-13(12)19(15)8-14(20)21/h1-7H,8H2,(H,20,21). The molecule has 0 unspecified atom stereocenters. The van der Waals surface area contributed by atoms with Crippen molar-refractivity contribution in [3.8, 4) is 11.4 Å². The number of halogens is 2. The molecule has 0 aliphatic carbocycles. The van der Waals surface area contributed by atoms with E-state index in [4.69, 9.17) is 16.7 Å². The first-order chi connectivity index (χ1) is 10.1. The minimum atomic E-state index is -0.914. The van der Waals surface area contributed by atoms with Crippen LogP contribution in [-0.4, -0.2) is 20.6 Å². The van der Waals surface area contributed by atoms with Gasteiger partial charge in [0, 0.05) is 10.0 Å². The number of fused-ring (bicyclic) bond motifs is 1. The van der Waals surface area contributed by atoms with Gasteiger partial charge in [0.05, 0.1) is 16.1 Å². The van der Waals surface area contributed by atoms with Gasteiger partial charge in [0.2, 0.25) is 0 Å². The molecule has 0 saturated carbocycles. The molecule has 0 amide bonds. The van der Waals surface area contributed by atoms with Gasteiger partial charge >= 0.3 is 5.97 Å². The number of para-hydroxylation sites is 2. The normalized spacial score (nSPS) is 11.0. The summed E-state index contributed by atoms with van der Waals surface area (Å²) in [5.74, 6) is -0.324. The number of hydrogen-bond acceptors (Lipinski definition) is 2. The van der Waals surface area contributed by atoms with Gasteiger partial charge in [-0.15, -0.1) is 0 Å². The second kappa shape index (κ2) is 5.50. The Morgan fingerprint density at radius 3 is 2.76 bits per heavy atom. The second-order valence-corrected chi connectivity index (χ2v) is 5.79. The van der Waals surface area contributed by atoms with Gasteiger partial charge < -0.3 is 9.67 Å². The lowest BCUT2D eigenvalue weighted by atomic mass is 10.2. The second-order valence-electron chi connectivity index (χ2n) is 4.53. The molecule has 1 aromatic heterocycles. The monoisotopic (exact) mass is 364 g/mol. The zero-order chi connectivity index (χ0) is 15.0. The van der Waals surface area contributed by atoms with Crippen LogP contribution in [0.15, 0.2) is 46.9 Å². The molecule has 21 heavy (non-hydrogen) atoms. The average Bonchev–Trinajstić information content (AvgIpc) is 2.80. The maximum absolute atomic E-state index is 11.1. The van der Waals surface area contributed by atoms with Crippen molar-refractivity contribution < 1.29 is 9.90 Å². The third-order valence-electron chi connectivity index (χ3n) is 3.13. The fourth-order valence-electron chi connectivity index (χ4n) is 2.23. The van der Waals surface area contributed by atoms with Gasteiger partial charge in [-0.25, -0.2) is 4.98 Å². The number of carboxylic acids is 1. The Balaban J connectivity index is 2.25. The average molecular weight is 366 g/mol. The fraction of sp³-hybridized carbons (Fsp3) is 0.0667. The predicted molar refractivity (Wildman–Crippen MR) is 85.5 cm³/mol. The van der Waals surface area contributed by atoms with E-state index in [0.29, 0.717) is 10.8 Å². The van der Waals surface area contributed by atoms with Crippen molar-refractivity contribution in [1.82, 2.24) is 9.55 Å². The van der Waals surface area contributed by atoms with Gasteiger partial charge in [-0.1, -0.05) is 29.8 Å². The van der Waals surface area contributed by atoms with Crippen molar-refractivity contribution in [2.45, 2.75) is 6.54 Å². The maximum Gasteiger partial charge on any atom is 0.323 e. The molecule has 0 aliphatic rings. The Bertz CT molecular complexity index is 845.